The number of carbonyl (C=O) groups is 2. The van der Waals surface area contributed by atoms with Gasteiger partial charge in [0.15, 0.2) is 0 Å². The molecule has 4 nitrogen and oxygen atoms in total. The van der Waals surface area contributed by atoms with E-state index in [-0.39, 0.29) is 30.2 Å². The van der Waals surface area contributed by atoms with Crippen LogP contribution in [0.3, 0.4) is 0 Å². The van der Waals surface area contributed by atoms with Gasteiger partial charge in [-0.25, -0.2) is 4.39 Å². The molecule has 1 atom stereocenters. The maximum absolute atomic E-state index is 14.1. The lowest BCUT2D eigenvalue weighted by Gasteiger charge is -2.29. The number of halogens is 2. The second kappa shape index (κ2) is 11.2. The number of benzene rings is 2. The molecule has 2 aromatic rings. The van der Waals surface area contributed by atoms with Crippen LogP contribution in [0.15, 0.2) is 48.5 Å². The smallest absolute Gasteiger partial charge is 0.242 e. The Hall–Kier alpha value is -2.05. The summed E-state index contributed by atoms with van der Waals surface area (Å²) in [5.74, 6) is -0.0269. The zero-order valence-electron chi connectivity index (χ0n) is 16.8. The van der Waals surface area contributed by atoms with Crippen LogP contribution in [0.2, 0.25) is 5.02 Å². The molecule has 29 heavy (non-hydrogen) atoms. The minimum absolute atomic E-state index is 0.0414. The van der Waals surface area contributed by atoms with Crippen molar-refractivity contribution in [3.63, 3.8) is 0 Å². The van der Waals surface area contributed by atoms with Crippen LogP contribution in [0.1, 0.15) is 31.9 Å². The summed E-state index contributed by atoms with van der Waals surface area (Å²) in [6, 6.07) is 13.0. The minimum Gasteiger partial charge on any atom is -0.352 e. The van der Waals surface area contributed by atoms with Crippen LogP contribution in [0.4, 0.5) is 4.39 Å². The number of hydrogen-bond acceptors (Lipinski definition) is 3. The summed E-state index contributed by atoms with van der Waals surface area (Å²) >= 11 is 7.34. The van der Waals surface area contributed by atoms with Crippen LogP contribution in [0, 0.1) is 5.82 Å². The molecule has 2 amide bonds. The molecule has 0 radical (unpaired) electrons. The van der Waals surface area contributed by atoms with Gasteiger partial charge in [0.2, 0.25) is 11.8 Å². The molecule has 0 aliphatic carbocycles. The molecule has 1 unspecified atom stereocenters. The largest absolute Gasteiger partial charge is 0.352 e. The van der Waals surface area contributed by atoms with Gasteiger partial charge in [0.25, 0.3) is 0 Å². The van der Waals surface area contributed by atoms with Crippen molar-refractivity contribution in [3.05, 3.63) is 70.5 Å². The first-order chi connectivity index (χ1) is 13.8. The molecule has 0 aliphatic heterocycles. The normalized spacial score (nSPS) is 11.9. The fourth-order valence-electron chi connectivity index (χ4n) is 2.72. The van der Waals surface area contributed by atoms with Gasteiger partial charge in [0.1, 0.15) is 11.9 Å². The molecule has 0 fully saturated rings. The third kappa shape index (κ3) is 7.37. The second-order valence-electron chi connectivity index (χ2n) is 7.07. The topological polar surface area (TPSA) is 49.4 Å². The van der Waals surface area contributed by atoms with Crippen molar-refractivity contribution in [1.29, 1.82) is 0 Å². The van der Waals surface area contributed by atoms with Gasteiger partial charge in [-0.05, 0) is 44.5 Å². The van der Waals surface area contributed by atoms with E-state index >= 15 is 0 Å². The first-order valence-corrected chi connectivity index (χ1v) is 11.0. The van der Waals surface area contributed by atoms with E-state index in [1.807, 2.05) is 38.1 Å². The van der Waals surface area contributed by atoms with Crippen LogP contribution in [-0.4, -0.2) is 34.6 Å². The summed E-state index contributed by atoms with van der Waals surface area (Å²) < 4.78 is 14.1. The van der Waals surface area contributed by atoms with Gasteiger partial charge in [-0.3, -0.25) is 9.59 Å². The van der Waals surface area contributed by atoms with Crippen LogP contribution in [-0.2, 0) is 21.9 Å². The van der Waals surface area contributed by atoms with E-state index in [1.54, 1.807) is 25.1 Å². The lowest BCUT2D eigenvalue weighted by molar-refractivity contribution is -0.138. The van der Waals surface area contributed by atoms with E-state index in [0.717, 1.165) is 5.56 Å². The van der Waals surface area contributed by atoms with Gasteiger partial charge >= 0.3 is 0 Å². The highest BCUT2D eigenvalue weighted by Gasteiger charge is 2.27. The van der Waals surface area contributed by atoms with Gasteiger partial charge < -0.3 is 10.2 Å². The SMILES string of the molecule is CC(C)NC(=O)C(C)N(Cc1ccccc1F)C(=O)CSCc1ccc(Cl)cc1. The van der Waals surface area contributed by atoms with Gasteiger partial charge in [0, 0.05) is 28.9 Å². The fourth-order valence-corrected chi connectivity index (χ4v) is 3.71. The highest BCUT2D eigenvalue weighted by Crippen LogP contribution is 2.18. The molecule has 2 rings (SSSR count). The lowest BCUT2D eigenvalue weighted by atomic mass is 10.1. The number of rotatable bonds is 9. The monoisotopic (exact) mass is 436 g/mol. The predicted molar refractivity (Wildman–Crippen MR) is 117 cm³/mol. The number of thioether (sulfide) groups is 1. The molecule has 0 aromatic heterocycles. The minimum atomic E-state index is -0.708. The van der Waals surface area contributed by atoms with Crippen LogP contribution >= 0.6 is 23.4 Å². The molecule has 1 N–H and O–H groups in total. The number of amides is 2. The van der Waals surface area contributed by atoms with Crippen LogP contribution < -0.4 is 5.32 Å². The van der Waals surface area contributed by atoms with E-state index in [0.29, 0.717) is 16.3 Å². The fraction of sp³-hybridized carbons (Fsp3) is 0.364. The molecule has 0 aliphatic rings. The Morgan fingerprint density at radius 3 is 2.38 bits per heavy atom. The summed E-state index contributed by atoms with van der Waals surface area (Å²) in [6.45, 7) is 5.42. The quantitative estimate of drug-likeness (QED) is 0.622. The molecule has 156 valence electrons. The molecule has 0 bridgehead atoms. The van der Waals surface area contributed by atoms with Crippen molar-refractivity contribution in [3.8, 4) is 0 Å². The number of hydrogen-bond donors (Lipinski definition) is 1. The van der Waals surface area contributed by atoms with Crippen molar-refractivity contribution < 1.29 is 14.0 Å². The molecule has 2 aromatic carbocycles. The molecule has 7 heteroatoms. The van der Waals surface area contributed by atoms with Gasteiger partial charge in [-0.2, -0.15) is 0 Å². The molecule has 0 spiro atoms. The number of nitrogens with zero attached hydrogens (tertiary/aromatic N) is 1. The summed E-state index contributed by atoms with van der Waals surface area (Å²) in [5, 5.41) is 3.48. The highest BCUT2D eigenvalue weighted by molar-refractivity contribution is 7.99. The summed E-state index contributed by atoms with van der Waals surface area (Å²) in [4.78, 5) is 26.8. The molecular weight excluding hydrogens is 411 g/mol. The van der Waals surface area contributed by atoms with Crippen LogP contribution in [0.5, 0.6) is 0 Å². The zero-order chi connectivity index (χ0) is 21.4. The maximum Gasteiger partial charge on any atom is 0.242 e. The average Bonchev–Trinajstić information content (AvgIpc) is 2.67. The van der Waals surface area contributed by atoms with E-state index in [2.05, 4.69) is 5.32 Å². The van der Waals surface area contributed by atoms with Crippen LogP contribution in [0.25, 0.3) is 0 Å². The third-order valence-electron chi connectivity index (χ3n) is 4.30. The maximum atomic E-state index is 14.1. The summed E-state index contributed by atoms with van der Waals surface area (Å²) in [5.41, 5.74) is 1.44. The third-order valence-corrected chi connectivity index (χ3v) is 5.54. The molecule has 0 saturated heterocycles. The van der Waals surface area contributed by atoms with E-state index in [9.17, 15) is 14.0 Å². The summed E-state index contributed by atoms with van der Waals surface area (Å²) in [7, 11) is 0. The molecule has 0 saturated carbocycles. The van der Waals surface area contributed by atoms with E-state index in [1.165, 1.54) is 22.7 Å². The first-order valence-electron chi connectivity index (χ1n) is 9.43. The first kappa shape index (κ1) is 23.2. The Kier molecular flexibility index (Phi) is 8.99. The Balaban J connectivity index is 2.07. The average molecular weight is 437 g/mol. The number of nitrogens with one attached hydrogen (secondary N) is 1. The van der Waals surface area contributed by atoms with E-state index < -0.39 is 11.9 Å². The Bertz CT molecular complexity index is 830. The zero-order valence-corrected chi connectivity index (χ0v) is 18.4. The van der Waals surface area contributed by atoms with Crippen molar-refractivity contribution in [2.75, 3.05) is 5.75 Å². The van der Waals surface area contributed by atoms with Gasteiger partial charge in [-0.1, -0.05) is 41.9 Å². The molecular formula is C22H26ClFN2O2S. The lowest BCUT2D eigenvalue weighted by Crippen LogP contribution is -2.49. The van der Waals surface area contributed by atoms with Gasteiger partial charge in [-0.15, -0.1) is 11.8 Å². The highest BCUT2D eigenvalue weighted by atomic mass is 35.5. The predicted octanol–water partition coefficient (Wildman–Crippen LogP) is 4.65. The standard InChI is InChI=1S/C22H26ClFN2O2S/c1-15(2)25-22(28)16(3)26(12-18-6-4-5-7-20(18)24)21(27)14-29-13-17-8-10-19(23)11-9-17/h4-11,15-16H,12-14H2,1-3H3,(H,25,28). The number of carbonyl (C=O) groups excluding carboxylic acids is 2. The Morgan fingerprint density at radius 2 is 1.76 bits per heavy atom. The Labute approximate surface area is 180 Å². The van der Waals surface area contributed by atoms with Gasteiger partial charge in [0.05, 0.1) is 5.75 Å². The second-order valence-corrected chi connectivity index (χ2v) is 8.49. The van der Waals surface area contributed by atoms with Crippen molar-refractivity contribution in [2.24, 2.45) is 0 Å². The molecule has 0 heterocycles. The van der Waals surface area contributed by atoms with E-state index in [4.69, 9.17) is 11.6 Å². The van der Waals surface area contributed by atoms with Crippen molar-refractivity contribution in [1.82, 2.24) is 10.2 Å². The van der Waals surface area contributed by atoms with Crippen molar-refractivity contribution >= 4 is 35.2 Å². The van der Waals surface area contributed by atoms with Crippen molar-refractivity contribution in [2.45, 2.75) is 45.2 Å². The summed E-state index contributed by atoms with van der Waals surface area (Å²) in [6.07, 6.45) is 0. The Morgan fingerprint density at radius 1 is 1.10 bits per heavy atom.